The molecule has 0 aromatic rings. The Morgan fingerprint density at radius 1 is 1.53 bits per heavy atom. The van der Waals surface area contributed by atoms with Crippen molar-refractivity contribution in [3.8, 4) is 0 Å². The Kier molecular flexibility index (Phi) is 3.03. The zero-order valence-corrected chi connectivity index (χ0v) is 9.66. The molecule has 4 unspecified atom stereocenters. The van der Waals surface area contributed by atoms with E-state index in [1.54, 1.807) is 0 Å². The van der Waals surface area contributed by atoms with E-state index in [0.717, 1.165) is 6.42 Å². The summed E-state index contributed by atoms with van der Waals surface area (Å²) < 4.78 is 31.2. The first-order valence-corrected chi connectivity index (χ1v) is 7.07. The summed E-state index contributed by atoms with van der Waals surface area (Å²) in [6.45, 7) is 2.55. The third kappa shape index (κ3) is 2.04. The number of hydrogen-bond donors (Lipinski definition) is 2. The van der Waals surface area contributed by atoms with Gasteiger partial charge in [-0.3, -0.25) is 0 Å². The first kappa shape index (κ1) is 11.3. The van der Waals surface area contributed by atoms with E-state index in [0.29, 0.717) is 18.9 Å². The molecule has 4 atom stereocenters. The second-order valence-electron chi connectivity index (χ2n) is 4.33. The number of ether oxygens (including phenoxy) is 1. The molecule has 1 heterocycles. The number of nitrogens with one attached hydrogen (secondary N) is 1. The number of fused-ring (bicyclic) bond motifs is 1. The van der Waals surface area contributed by atoms with E-state index in [-0.39, 0.29) is 23.9 Å². The third-order valence-corrected chi connectivity index (χ3v) is 4.81. The maximum absolute atomic E-state index is 11.5. The van der Waals surface area contributed by atoms with Crippen molar-refractivity contribution in [1.29, 1.82) is 0 Å². The van der Waals surface area contributed by atoms with Gasteiger partial charge in [-0.1, -0.05) is 6.92 Å². The zero-order chi connectivity index (χ0) is 11.1. The summed E-state index contributed by atoms with van der Waals surface area (Å²) in [6, 6.07) is -0.293. The van der Waals surface area contributed by atoms with Crippen molar-refractivity contribution in [3.05, 3.63) is 0 Å². The highest BCUT2D eigenvalue weighted by atomic mass is 32.2. The van der Waals surface area contributed by atoms with Crippen LogP contribution in [0.4, 0.5) is 0 Å². The number of rotatable bonds is 4. The van der Waals surface area contributed by atoms with E-state index >= 15 is 0 Å². The molecular formula is C9H18N2O3S. The van der Waals surface area contributed by atoms with Crippen LogP contribution in [0.3, 0.4) is 0 Å². The molecule has 15 heavy (non-hydrogen) atoms. The van der Waals surface area contributed by atoms with Gasteiger partial charge in [0, 0.05) is 18.6 Å². The topological polar surface area (TPSA) is 81.4 Å². The second kappa shape index (κ2) is 4.01. The fraction of sp³-hybridized carbons (Fsp3) is 1.00. The van der Waals surface area contributed by atoms with Crippen molar-refractivity contribution >= 4 is 10.0 Å². The highest BCUT2D eigenvalue weighted by molar-refractivity contribution is 7.89. The van der Waals surface area contributed by atoms with Crippen molar-refractivity contribution in [2.24, 2.45) is 11.7 Å². The predicted molar refractivity (Wildman–Crippen MR) is 56.8 cm³/mol. The zero-order valence-electron chi connectivity index (χ0n) is 8.85. The van der Waals surface area contributed by atoms with Crippen LogP contribution in [0, 0.1) is 5.92 Å². The highest BCUT2D eigenvalue weighted by Crippen LogP contribution is 2.37. The monoisotopic (exact) mass is 234 g/mol. The summed E-state index contributed by atoms with van der Waals surface area (Å²) >= 11 is 0. The molecule has 0 spiro atoms. The minimum Gasteiger partial charge on any atom is -0.376 e. The van der Waals surface area contributed by atoms with Crippen molar-refractivity contribution in [2.45, 2.75) is 38.0 Å². The first-order valence-electron chi connectivity index (χ1n) is 5.42. The average Bonchev–Trinajstić information content (AvgIpc) is 2.58. The van der Waals surface area contributed by atoms with Crippen molar-refractivity contribution in [3.63, 3.8) is 0 Å². The Bertz CT molecular complexity index is 330. The van der Waals surface area contributed by atoms with Gasteiger partial charge in [0.05, 0.1) is 17.9 Å². The fourth-order valence-electron chi connectivity index (χ4n) is 2.43. The molecule has 3 N–H and O–H groups in total. The normalized spacial score (nSPS) is 39.9. The van der Waals surface area contributed by atoms with E-state index in [2.05, 4.69) is 4.72 Å². The molecule has 1 aliphatic heterocycles. The fourth-order valence-corrected chi connectivity index (χ4v) is 3.79. The highest BCUT2D eigenvalue weighted by Gasteiger charge is 2.53. The third-order valence-electron chi connectivity index (χ3n) is 3.23. The van der Waals surface area contributed by atoms with Gasteiger partial charge in [-0.25, -0.2) is 13.1 Å². The van der Waals surface area contributed by atoms with Crippen LogP contribution in [-0.4, -0.2) is 39.0 Å². The largest absolute Gasteiger partial charge is 0.376 e. The van der Waals surface area contributed by atoms with Gasteiger partial charge in [0.15, 0.2) is 0 Å². The number of hydrogen-bond acceptors (Lipinski definition) is 4. The number of sulfonamides is 1. The maximum Gasteiger partial charge on any atom is 0.211 e. The van der Waals surface area contributed by atoms with Crippen molar-refractivity contribution in [1.82, 2.24) is 4.72 Å². The van der Waals surface area contributed by atoms with Gasteiger partial charge in [0.25, 0.3) is 0 Å². The lowest BCUT2D eigenvalue weighted by molar-refractivity contribution is -0.00923. The van der Waals surface area contributed by atoms with E-state index in [1.807, 2.05) is 6.92 Å². The van der Waals surface area contributed by atoms with E-state index in [1.165, 1.54) is 0 Å². The Balaban J connectivity index is 1.96. The minimum atomic E-state index is -3.17. The Hall–Kier alpha value is -0.170. The molecule has 2 rings (SSSR count). The van der Waals surface area contributed by atoms with E-state index in [9.17, 15) is 8.42 Å². The quantitative estimate of drug-likeness (QED) is 0.682. The predicted octanol–water partition coefficient (Wildman–Crippen LogP) is -0.570. The van der Waals surface area contributed by atoms with Crippen molar-refractivity contribution in [2.75, 3.05) is 12.4 Å². The van der Waals surface area contributed by atoms with Crippen LogP contribution < -0.4 is 10.5 Å². The van der Waals surface area contributed by atoms with Crippen LogP contribution in [0.2, 0.25) is 0 Å². The van der Waals surface area contributed by atoms with E-state index in [4.69, 9.17) is 10.5 Å². The molecule has 2 aliphatic rings. The molecule has 2 fully saturated rings. The molecule has 0 amide bonds. The summed E-state index contributed by atoms with van der Waals surface area (Å²) in [7, 11) is -3.17. The first-order chi connectivity index (χ1) is 7.05. The maximum atomic E-state index is 11.5. The molecule has 1 saturated heterocycles. The summed E-state index contributed by atoms with van der Waals surface area (Å²) in [4.78, 5) is 0. The molecule has 0 radical (unpaired) electrons. The van der Waals surface area contributed by atoms with Crippen molar-refractivity contribution < 1.29 is 13.2 Å². The minimum absolute atomic E-state index is 0.00614. The Morgan fingerprint density at radius 2 is 2.27 bits per heavy atom. The van der Waals surface area contributed by atoms with Gasteiger partial charge in [0.1, 0.15) is 0 Å². The summed E-state index contributed by atoms with van der Waals surface area (Å²) in [6.07, 6.45) is 1.58. The second-order valence-corrected chi connectivity index (χ2v) is 6.20. The lowest BCUT2D eigenvalue weighted by Gasteiger charge is -2.45. The molecule has 1 aliphatic carbocycles. The Morgan fingerprint density at radius 3 is 2.93 bits per heavy atom. The van der Waals surface area contributed by atoms with Gasteiger partial charge >= 0.3 is 0 Å². The molecule has 5 nitrogen and oxygen atoms in total. The van der Waals surface area contributed by atoms with Gasteiger partial charge in [-0.2, -0.15) is 0 Å². The van der Waals surface area contributed by atoms with Gasteiger partial charge in [0.2, 0.25) is 10.0 Å². The van der Waals surface area contributed by atoms with Gasteiger partial charge < -0.3 is 10.5 Å². The average molecular weight is 234 g/mol. The molecular weight excluding hydrogens is 216 g/mol. The van der Waals surface area contributed by atoms with Crippen LogP contribution in [-0.2, 0) is 14.8 Å². The standard InChI is InChI=1S/C9H18N2O3S/c1-2-5-15(12,13)11-8-7(10)6-3-4-14-9(6)8/h6-9,11H,2-5,10H2,1H3. The van der Waals surface area contributed by atoms with Crippen LogP contribution in [0.15, 0.2) is 0 Å². The molecule has 0 aromatic heterocycles. The van der Waals surface area contributed by atoms with Gasteiger partial charge in [-0.05, 0) is 12.8 Å². The summed E-state index contributed by atoms with van der Waals surface area (Å²) in [5.41, 5.74) is 5.90. The molecule has 6 heteroatoms. The van der Waals surface area contributed by atoms with Gasteiger partial charge in [-0.15, -0.1) is 0 Å². The van der Waals surface area contributed by atoms with Crippen LogP contribution >= 0.6 is 0 Å². The lowest BCUT2D eigenvalue weighted by Crippen LogP contribution is -2.69. The Labute approximate surface area is 90.4 Å². The molecule has 88 valence electrons. The summed E-state index contributed by atoms with van der Waals surface area (Å²) in [5.74, 6) is 0.507. The molecule has 1 saturated carbocycles. The lowest BCUT2D eigenvalue weighted by atomic mass is 9.73. The van der Waals surface area contributed by atoms with Crippen LogP contribution in [0.5, 0.6) is 0 Å². The van der Waals surface area contributed by atoms with Crippen LogP contribution in [0.25, 0.3) is 0 Å². The SMILES string of the molecule is CCCS(=O)(=O)NC1C(N)C2CCOC21. The van der Waals surface area contributed by atoms with Crippen LogP contribution in [0.1, 0.15) is 19.8 Å². The van der Waals surface area contributed by atoms with E-state index < -0.39 is 10.0 Å². The number of nitrogens with two attached hydrogens (primary N) is 1. The molecule has 0 bridgehead atoms. The smallest absolute Gasteiger partial charge is 0.211 e. The molecule has 0 aromatic carbocycles. The summed E-state index contributed by atoms with van der Waals surface area (Å²) in [5, 5.41) is 0.